The first kappa shape index (κ1) is 20.7. The Morgan fingerprint density at radius 1 is 0.955 bits per heavy atom. The number of hydrogen-bond donors (Lipinski definition) is 0. The monoisotopic (exact) mass is 311 g/mol. The first-order valence-electron chi connectivity index (χ1n) is 8.53. The SMILES string of the molecule is CCCCCCCCCCOC(=O)CN(C)C(=O)C=C(C)C. The molecule has 128 valence electrons. The van der Waals surface area contributed by atoms with Gasteiger partial charge in [-0.3, -0.25) is 9.59 Å². The van der Waals surface area contributed by atoms with Crippen molar-refractivity contribution in [2.45, 2.75) is 72.1 Å². The van der Waals surface area contributed by atoms with Crippen molar-refractivity contribution >= 4 is 11.9 Å². The number of hydrogen-bond acceptors (Lipinski definition) is 3. The largest absolute Gasteiger partial charge is 0.464 e. The Hall–Kier alpha value is -1.32. The van der Waals surface area contributed by atoms with Gasteiger partial charge < -0.3 is 9.64 Å². The van der Waals surface area contributed by atoms with Gasteiger partial charge in [-0.25, -0.2) is 0 Å². The maximum Gasteiger partial charge on any atom is 0.325 e. The Morgan fingerprint density at radius 2 is 1.50 bits per heavy atom. The second-order valence-corrected chi connectivity index (χ2v) is 6.11. The van der Waals surface area contributed by atoms with Crippen LogP contribution in [0.3, 0.4) is 0 Å². The van der Waals surface area contributed by atoms with Gasteiger partial charge in [-0.1, -0.05) is 57.4 Å². The first-order chi connectivity index (χ1) is 10.5. The summed E-state index contributed by atoms with van der Waals surface area (Å²) in [5, 5.41) is 0. The van der Waals surface area contributed by atoms with Crippen molar-refractivity contribution in [2.24, 2.45) is 0 Å². The van der Waals surface area contributed by atoms with E-state index >= 15 is 0 Å². The van der Waals surface area contributed by atoms with Gasteiger partial charge in [0.2, 0.25) is 5.91 Å². The third-order valence-electron chi connectivity index (χ3n) is 3.42. The Labute approximate surface area is 135 Å². The fourth-order valence-corrected chi connectivity index (χ4v) is 2.10. The van der Waals surface area contributed by atoms with Crippen LogP contribution in [0.2, 0.25) is 0 Å². The summed E-state index contributed by atoms with van der Waals surface area (Å²) in [6, 6.07) is 0. The molecule has 0 atom stereocenters. The van der Waals surface area contributed by atoms with Crippen LogP contribution in [0.4, 0.5) is 0 Å². The topological polar surface area (TPSA) is 46.6 Å². The van der Waals surface area contributed by atoms with Gasteiger partial charge >= 0.3 is 5.97 Å². The maximum atomic E-state index is 11.7. The van der Waals surface area contributed by atoms with Gasteiger partial charge in [-0.15, -0.1) is 0 Å². The number of esters is 1. The molecule has 0 aromatic rings. The first-order valence-corrected chi connectivity index (χ1v) is 8.53. The summed E-state index contributed by atoms with van der Waals surface area (Å²) in [5.74, 6) is -0.495. The van der Waals surface area contributed by atoms with Gasteiger partial charge in [0.05, 0.1) is 6.61 Å². The number of carbonyl (C=O) groups excluding carboxylic acids is 2. The molecule has 0 heterocycles. The summed E-state index contributed by atoms with van der Waals surface area (Å²) in [6.07, 6.45) is 11.3. The lowest BCUT2D eigenvalue weighted by Gasteiger charge is -2.14. The van der Waals surface area contributed by atoms with Crippen LogP contribution < -0.4 is 0 Å². The Kier molecular flexibility index (Phi) is 12.5. The van der Waals surface area contributed by atoms with E-state index in [0.29, 0.717) is 6.61 Å². The predicted octanol–water partition coefficient (Wildman–Crippen LogP) is 4.09. The predicted molar refractivity (Wildman–Crippen MR) is 90.6 cm³/mol. The fraction of sp³-hybridized carbons (Fsp3) is 0.778. The third-order valence-corrected chi connectivity index (χ3v) is 3.42. The Bertz CT molecular complexity index is 346. The van der Waals surface area contributed by atoms with Crippen LogP contribution >= 0.6 is 0 Å². The van der Waals surface area contributed by atoms with E-state index in [1.54, 1.807) is 7.05 Å². The van der Waals surface area contributed by atoms with E-state index in [9.17, 15) is 9.59 Å². The maximum absolute atomic E-state index is 11.7. The molecule has 22 heavy (non-hydrogen) atoms. The van der Waals surface area contributed by atoms with Crippen molar-refractivity contribution in [3.05, 3.63) is 11.6 Å². The van der Waals surface area contributed by atoms with Crippen LogP contribution in [0.25, 0.3) is 0 Å². The quantitative estimate of drug-likeness (QED) is 0.310. The third kappa shape index (κ3) is 12.4. The zero-order valence-corrected chi connectivity index (χ0v) is 14.8. The number of allylic oxidation sites excluding steroid dienone is 1. The second-order valence-electron chi connectivity index (χ2n) is 6.11. The number of unbranched alkanes of at least 4 members (excludes halogenated alkanes) is 7. The zero-order chi connectivity index (χ0) is 16.8. The van der Waals surface area contributed by atoms with E-state index in [1.165, 1.54) is 49.5 Å². The van der Waals surface area contributed by atoms with Crippen molar-refractivity contribution in [3.8, 4) is 0 Å². The minimum absolute atomic E-state index is 0.0135. The van der Waals surface area contributed by atoms with Crippen LogP contribution in [0.1, 0.15) is 72.1 Å². The van der Waals surface area contributed by atoms with Crippen LogP contribution in [-0.2, 0) is 14.3 Å². The molecule has 0 fully saturated rings. The number of carbonyl (C=O) groups is 2. The molecule has 0 saturated carbocycles. The molecule has 0 aliphatic rings. The van der Waals surface area contributed by atoms with E-state index in [2.05, 4.69) is 6.92 Å². The average molecular weight is 311 g/mol. The average Bonchev–Trinajstić information content (AvgIpc) is 2.44. The summed E-state index contributed by atoms with van der Waals surface area (Å²) in [5.41, 5.74) is 0.921. The molecule has 1 amide bonds. The van der Waals surface area contributed by atoms with Crippen molar-refractivity contribution in [3.63, 3.8) is 0 Å². The molecule has 0 bridgehead atoms. The summed E-state index contributed by atoms with van der Waals surface area (Å²) in [7, 11) is 1.61. The molecule has 0 rings (SSSR count). The number of amides is 1. The van der Waals surface area contributed by atoms with E-state index in [-0.39, 0.29) is 18.4 Å². The minimum Gasteiger partial charge on any atom is -0.464 e. The van der Waals surface area contributed by atoms with E-state index in [0.717, 1.165) is 18.4 Å². The van der Waals surface area contributed by atoms with Crippen LogP contribution in [0.15, 0.2) is 11.6 Å². The molecule has 0 aliphatic carbocycles. The van der Waals surface area contributed by atoms with Gasteiger partial charge in [0, 0.05) is 13.1 Å². The molecule has 0 aromatic carbocycles. The minimum atomic E-state index is -0.332. The van der Waals surface area contributed by atoms with Crippen LogP contribution in [0, 0.1) is 0 Å². The van der Waals surface area contributed by atoms with Gasteiger partial charge in [0.1, 0.15) is 6.54 Å². The molecule has 0 saturated heterocycles. The summed E-state index contributed by atoms with van der Waals surface area (Å²) < 4.78 is 5.16. The van der Waals surface area contributed by atoms with Crippen LogP contribution in [-0.4, -0.2) is 37.0 Å². The lowest BCUT2D eigenvalue weighted by molar-refractivity contribution is -0.147. The molecule has 0 radical (unpaired) electrons. The van der Waals surface area contributed by atoms with Crippen molar-refractivity contribution in [1.82, 2.24) is 4.90 Å². The number of nitrogens with zero attached hydrogens (tertiary/aromatic N) is 1. The number of likely N-dealkylation sites (N-methyl/N-ethyl adjacent to an activating group) is 1. The molecule has 0 aromatic heterocycles. The normalized spacial score (nSPS) is 10.2. The fourth-order valence-electron chi connectivity index (χ4n) is 2.10. The van der Waals surface area contributed by atoms with Gasteiger partial charge in [0.15, 0.2) is 0 Å². The highest BCUT2D eigenvalue weighted by atomic mass is 16.5. The molecule has 0 unspecified atom stereocenters. The van der Waals surface area contributed by atoms with Gasteiger partial charge in [0.25, 0.3) is 0 Å². The van der Waals surface area contributed by atoms with Crippen molar-refractivity contribution < 1.29 is 14.3 Å². The molecule has 0 N–H and O–H groups in total. The van der Waals surface area contributed by atoms with E-state index in [4.69, 9.17) is 4.74 Å². The highest BCUT2D eigenvalue weighted by molar-refractivity contribution is 5.90. The molecular weight excluding hydrogens is 278 g/mol. The Morgan fingerprint density at radius 3 is 2.05 bits per heavy atom. The van der Waals surface area contributed by atoms with Crippen molar-refractivity contribution in [1.29, 1.82) is 0 Å². The standard InChI is InChI=1S/C18H33NO3/c1-5-6-7-8-9-10-11-12-13-22-18(21)15-19(4)17(20)14-16(2)3/h14H,5-13,15H2,1-4H3. The molecule has 0 spiro atoms. The Balaban J connectivity index is 3.58. The summed E-state index contributed by atoms with van der Waals surface area (Å²) >= 11 is 0. The molecule has 4 heteroatoms. The summed E-state index contributed by atoms with van der Waals surface area (Å²) in [6.45, 7) is 6.40. The van der Waals surface area contributed by atoms with Gasteiger partial charge in [-0.05, 0) is 20.3 Å². The lowest BCUT2D eigenvalue weighted by atomic mass is 10.1. The van der Waals surface area contributed by atoms with Gasteiger partial charge in [-0.2, -0.15) is 0 Å². The highest BCUT2D eigenvalue weighted by Crippen LogP contribution is 2.08. The lowest BCUT2D eigenvalue weighted by Crippen LogP contribution is -2.32. The van der Waals surface area contributed by atoms with E-state index in [1.807, 2.05) is 13.8 Å². The van der Waals surface area contributed by atoms with Crippen molar-refractivity contribution in [2.75, 3.05) is 20.2 Å². The summed E-state index contributed by atoms with van der Waals surface area (Å²) in [4.78, 5) is 24.6. The van der Waals surface area contributed by atoms with Crippen LogP contribution in [0.5, 0.6) is 0 Å². The smallest absolute Gasteiger partial charge is 0.325 e. The number of ether oxygens (including phenoxy) is 1. The number of rotatable bonds is 12. The highest BCUT2D eigenvalue weighted by Gasteiger charge is 2.11. The second kappa shape index (κ2) is 13.4. The molecule has 0 aliphatic heterocycles. The molecule has 4 nitrogen and oxygen atoms in total. The van der Waals surface area contributed by atoms with E-state index < -0.39 is 0 Å². The molecular formula is C18H33NO3. The zero-order valence-electron chi connectivity index (χ0n) is 14.8.